The van der Waals surface area contributed by atoms with Crippen molar-refractivity contribution in [3.05, 3.63) is 28.8 Å². The van der Waals surface area contributed by atoms with E-state index in [1.165, 1.54) is 0 Å². The van der Waals surface area contributed by atoms with E-state index in [1.54, 1.807) is 0 Å². The summed E-state index contributed by atoms with van der Waals surface area (Å²) in [6, 6.07) is 3.86. The van der Waals surface area contributed by atoms with Crippen LogP contribution in [0, 0.1) is 13.8 Å². The summed E-state index contributed by atoms with van der Waals surface area (Å²) in [7, 11) is 0. The minimum absolute atomic E-state index is 0.279. The molecular weight excluding hydrogens is 176 g/mol. The van der Waals surface area contributed by atoms with Crippen molar-refractivity contribution >= 4 is 0 Å². The first-order chi connectivity index (χ1) is 6.54. The Hall–Kier alpha value is -1.02. The van der Waals surface area contributed by atoms with Crippen LogP contribution in [0.2, 0.25) is 0 Å². The molecule has 1 rings (SSSR count). The van der Waals surface area contributed by atoms with E-state index in [9.17, 15) is 10.2 Å². The predicted molar refractivity (Wildman–Crippen MR) is 57.6 cm³/mol. The second-order valence-electron chi connectivity index (χ2n) is 3.84. The number of benzene rings is 1. The summed E-state index contributed by atoms with van der Waals surface area (Å²) in [6.07, 6.45) is 1.15. The lowest BCUT2D eigenvalue weighted by atomic mass is 10.0. The van der Waals surface area contributed by atoms with Gasteiger partial charge >= 0.3 is 0 Å². The van der Waals surface area contributed by atoms with E-state index in [1.807, 2.05) is 32.9 Å². The fourth-order valence-electron chi connectivity index (χ4n) is 1.58. The van der Waals surface area contributed by atoms with Crippen molar-refractivity contribution in [2.24, 2.45) is 0 Å². The van der Waals surface area contributed by atoms with Gasteiger partial charge in [-0.25, -0.2) is 0 Å². The minimum atomic E-state index is -0.279. The van der Waals surface area contributed by atoms with Gasteiger partial charge in [-0.2, -0.15) is 0 Å². The highest BCUT2D eigenvalue weighted by Gasteiger charge is 2.06. The molecule has 0 radical (unpaired) electrons. The van der Waals surface area contributed by atoms with Gasteiger partial charge in [0.2, 0.25) is 0 Å². The number of hydrogen-bond acceptors (Lipinski definition) is 2. The number of aromatic hydroxyl groups is 1. The fraction of sp³-hybridized carbons (Fsp3) is 0.500. The van der Waals surface area contributed by atoms with Gasteiger partial charge in [-0.05, 0) is 43.4 Å². The molecule has 0 saturated carbocycles. The molecule has 2 heteroatoms. The van der Waals surface area contributed by atoms with Crippen LogP contribution in [0.3, 0.4) is 0 Å². The molecule has 0 aromatic heterocycles. The molecule has 1 aromatic rings. The molecule has 0 spiro atoms. The topological polar surface area (TPSA) is 40.5 Å². The average molecular weight is 194 g/mol. The number of aryl methyl sites for hydroxylation is 2. The lowest BCUT2D eigenvalue weighted by molar-refractivity contribution is 0.171. The van der Waals surface area contributed by atoms with Crippen LogP contribution in [-0.2, 0) is 6.42 Å². The second-order valence-corrected chi connectivity index (χ2v) is 3.84. The summed E-state index contributed by atoms with van der Waals surface area (Å²) in [5.74, 6) is 0.361. The van der Waals surface area contributed by atoms with E-state index in [0.717, 1.165) is 23.1 Å². The number of phenolic OH excluding ortho intramolecular Hbond substituents is 1. The van der Waals surface area contributed by atoms with Gasteiger partial charge in [0.25, 0.3) is 0 Å². The molecule has 1 unspecified atom stereocenters. The third kappa shape index (κ3) is 2.48. The highest BCUT2D eigenvalue weighted by atomic mass is 16.3. The molecule has 0 fully saturated rings. The van der Waals surface area contributed by atoms with E-state index in [0.29, 0.717) is 12.2 Å². The maximum atomic E-state index is 9.56. The van der Waals surface area contributed by atoms with Gasteiger partial charge in [0, 0.05) is 0 Å². The van der Waals surface area contributed by atoms with Gasteiger partial charge in [0.05, 0.1) is 6.10 Å². The van der Waals surface area contributed by atoms with Crippen LogP contribution in [0.25, 0.3) is 0 Å². The minimum Gasteiger partial charge on any atom is -0.507 e. The van der Waals surface area contributed by atoms with Gasteiger partial charge < -0.3 is 10.2 Å². The quantitative estimate of drug-likeness (QED) is 0.775. The third-order valence-corrected chi connectivity index (χ3v) is 2.49. The zero-order chi connectivity index (χ0) is 10.7. The van der Waals surface area contributed by atoms with Crippen molar-refractivity contribution < 1.29 is 10.2 Å². The van der Waals surface area contributed by atoms with Crippen molar-refractivity contribution in [1.29, 1.82) is 0 Å². The van der Waals surface area contributed by atoms with E-state index in [-0.39, 0.29) is 6.10 Å². The Morgan fingerprint density at radius 2 is 1.71 bits per heavy atom. The van der Waals surface area contributed by atoms with Crippen molar-refractivity contribution in [2.75, 3.05) is 0 Å². The van der Waals surface area contributed by atoms with E-state index in [2.05, 4.69) is 0 Å². The number of phenols is 1. The molecule has 1 aromatic carbocycles. The zero-order valence-corrected chi connectivity index (χ0v) is 9.04. The summed E-state index contributed by atoms with van der Waals surface area (Å²) < 4.78 is 0. The number of hydrogen-bond donors (Lipinski definition) is 2. The van der Waals surface area contributed by atoms with E-state index >= 15 is 0 Å². The number of rotatable bonds is 3. The van der Waals surface area contributed by atoms with Crippen molar-refractivity contribution in [3.8, 4) is 5.75 Å². The first-order valence-corrected chi connectivity index (χ1v) is 5.01. The Balaban J connectivity index is 2.89. The maximum absolute atomic E-state index is 9.56. The summed E-state index contributed by atoms with van der Waals surface area (Å²) in [6.45, 7) is 5.72. The largest absolute Gasteiger partial charge is 0.507 e. The summed E-state index contributed by atoms with van der Waals surface area (Å²) >= 11 is 0. The van der Waals surface area contributed by atoms with Crippen molar-refractivity contribution in [2.45, 2.75) is 39.7 Å². The SMILES string of the molecule is CCC(O)Cc1cc(C)c(O)c(C)c1. The molecule has 1 atom stereocenters. The predicted octanol–water partition coefficient (Wildman–Crippen LogP) is 2.32. The molecular formula is C12H18O2. The normalized spacial score (nSPS) is 12.9. The fourth-order valence-corrected chi connectivity index (χ4v) is 1.58. The lowest BCUT2D eigenvalue weighted by Crippen LogP contribution is -2.08. The van der Waals surface area contributed by atoms with E-state index in [4.69, 9.17) is 0 Å². The van der Waals surface area contributed by atoms with Crippen molar-refractivity contribution in [1.82, 2.24) is 0 Å². The molecule has 0 saturated heterocycles. The van der Waals surface area contributed by atoms with Gasteiger partial charge in [0.1, 0.15) is 5.75 Å². The second kappa shape index (κ2) is 4.47. The number of aliphatic hydroxyl groups excluding tert-OH is 1. The highest BCUT2D eigenvalue weighted by Crippen LogP contribution is 2.23. The Labute approximate surface area is 85.2 Å². The monoisotopic (exact) mass is 194 g/mol. The Morgan fingerprint density at radius 3 is 2.14 bits per heavy atom. The van der Waals surface area contributed by atoms with Crippen LogP contribution in [0.1, 0.15) is 30.0 Å². The molecule has 14 heavy (non-hydrogen) atoms. The van der Waals surface area contributed by atoms with Crippen LogP contribution in [0.4, 0.5) is 0 Å². The Morgan fingerprint density at radius 1 is 1.21 bits per heavy atom. The van der Waals surface area contributed by atoms with Gasteiger partial charge in [-0.3, -0.25) is 0 Å². The van der Waals surface area contributed by atoms with Gasteiger partial charge in [0.15, 0.2) is 0 Å². The van der Waals surface area contributed by atoms with Crippen LogP contribution in [0.5, 0.6) is 5.75 Å². The van der Waals surface area contributed by atoms with E-state index < -0.39 is 0 Å². The smallest absolute Gasteiger partial charge is 0.121 e. The van der Waals surface area contributed by atoms with Crippen LogP contribution in [-0.4, -0.2) is 16.3 Å². The molecule has 0 aliphatic heterocycles. The summed E-state index contributed by atoms with van der Waals surface area (Å²) in [5.41, 5.74) is 2.85. The maximum Gasteiger partial charge on any atom is 0.121 e. The Bertz CT molecular complexity index is 295. The van der Waals surface area contributed by atoms with Crippen LogP contribution < -0.4 is 0 Å². The molecule has 0 amide bonds. The summed E-state index contributed by atoms with van der Waals surface area (Å²) in [5, 5.41) is 19.1. The van der Waals surface area contributed by atoms with Gasteiger partial charge in [-0.1, -0.05) is 19.1 Å². The molecule has 0 aliphatic carbocycles. The standard InChI is InChI=1S/C12H18O2/c1-4-11(13)7-10-5-8(2)12(14)9(3)6-10/h5-6,11,13-14H,4,7H2,1-3H3. The molecule has 2 nitrogen and oxygen atoms in total. The first-order valence-electron chi connectivity index (χ1n) is 5.01. The lowest BCUT2D eigenvalue weighted by Gasteiger charge is -2.10. The molecule has 0 heterocycles. The van der Waals surface area contributed by atoms with Crippen LogP contribution >= 0.6 is 0 Å². The third-order valence-electron chi connectivity index (χ3n) is 2.49. The molecule has 2 N–H and O–H groups in total. The Kier molecular flexibility index (Phi) is 3.53. The average Bonchev–Trinajstić information content (AvgIpc) is 2.14. The van der Waals surface area contributed by atoms with Gasteiger partial charge in [-0.15, -0.1) is 0 Å². The zero-order valence-electron chi connectivity index (χ0n) is 9.04. The first kappa shape index (κ1) is 11.1. The van der Waals surface area contributed by atoms with Crippen LogP contribution in [0.15, 0.2) is 12.1 Å². The highest BCUT2D eigenvalue weighted by molar-refractivity contribution is 5.42. The summed E-state index contributed by atoms with van der Waals surface area (Å²) in [4.78, 5) is 0. The number of aliphatic hydroxyl groups is 1. The molecule has 78 valence electrons. The van der Waals surface area contributed by atoms with Crippen molar-refractivity contribution in [3.63, 3.8) is 0 Å². The molecule has 0 bridgehead atoms. The molecule has 0 aliphatic rings.